The summed E-state index contributed by atoms with van der Waals surface area (Å²) in [4.78, 5) is 18.2. The van der Waals surface area contributed by atoms with Gasteiger partial charge in [0.25, 0.3) is 0 Å². The van der Waals surface area contributed by atoms with Crippen molar-refractivity contribution in [3.63, 3.8) is 0 Å². The third-order valence-electron chi connectivity index (χ3n) is 4.82. The molecule has 0 radical (unpaired) electrons. The van der Waals surface area contributed by atoms with Gasteiger partial charge in [0.15, 0.2) is 15.8 Å². The molecule has 1 aliphatic heterocycles. The molecule has 162 valence electrons. The van der Waals surface area contributed by atoms with Crippen molar-refractivity contribution in [3.8, 4) is 0 Å². The van der Waals surface area contributed by atoms with Crippen molar-refractivity contribution in [1.82, 2.24) is 10.6 Å². The highest BCUT2D eigenvalue weighted by atomic mass is 127. The lowest BCUT2D eigenvalue weighted by molar-refractivity contribution is -0.117. The second-order valence-corrected chi connectivity index (χ2v) is 9.03. The van der Waals surface area contributed by atoms with E-state index in [1.54, 1.807) is 31.3 Å². The molecule has 1 heterocycles. The molecule has 1 amide bonds. The van der Waals surface area contributed by atoms with Crippen LogP contribution in [0.5, 0.6) is 0 Å². The minimum atomic E-state index is -3.18. The lowest BCUT2D eigenvalue weighted by atomic mass is 10.2. The molecule has 0 bridgehead atoms. The summed E-state index contributed by atoms with van der Waals surface area (Å²) in [5.41, 5.74) is 2.98. The number of carbonyl (C=O) groups is 1. The topological polar surface area (TPSA) is 90.9 Å². The van der Waals surface area contributed by atoms with Crippen molar-refractivity contribution in [3.05, 3.63) is 59.7 Å². The van der Waals surface area contributed by atoms with Crippen LogP contribution < -0.4 is 15.5 Å². The van der Waals surface area contributed by atoms with Gasteiger partial charge in [-0.3, -0.25) is 9.79 Å². The van der Waals surface area contributed by atoms with Gasteiger partial charge in [-0.25, -0.2) is 8.42 Å². The number of carbonyl (C=O) groups excluding carboxylic acids is 1. The molecule has 1 fully saturated rings. The summed E-state index contributed by atoms with van der Waals surface area (Å²) < 4.78 is 23.0. The summed E-state index contributed by atoms with van der Waals surface area (Å²) in [6, 6.07) is 14.7. The summed E-state index contributed by atoms with van der Waals surface area (Å²) in [6.07, 6.45) is 2.74. The standard InChI is InChI=1S/C21H26N4O3S.HI/c1-22-21(24-15-17-7-11-19(12-8-17)29(2,27)28)23-14-16-5-9-18(10-6-16)25-13-3-4-20(25)26;/h5-12H,3-4,13-15H2,1-2H3,(H2,22,23,24);1H. The van der Waals surface area contributed by atoms with Gasteiger partial charge in [0.2, 0.25) is 5.91 Å². The quantitative estimate of drug-likeness (QED) is 0.333. The lowest BCUT2D eigenvalue weighted by Gasteiger charge is -2.16. The summed E-state index contributed by atoms with van der Waals surface area (Å²) in [6.45, 7) is 1.92. The predicted molar refractivity (Wildman–Crippen MR) is 130 cm³/mol. The van der Waals surface area contributed by atoms with Crippen LogP contribution in [0.3, 0.4) is 0 Å². The number of benzene rings is 2. The maximum Gasteiger partial charge on any atom is 0.227 e. The highest BCUT2D eigenvalue weighted by Crippen LogP contribution is 2.21. The van der Waals surface area contributed by atoms with E-state index in [0.717, 1.165) is 29.8 Å². The summed E-state index contributed by atoms with van der Waals surface area (Å²) in [5.74, 6) is 0.834. The van der Waals surface area contributed by atoms with Crippen LogP contribution >= 0.6 is 24.0 Å². The molecular formula is C21H27IN4O3S. The first-order chi connectivity index (χ1) is 13.9. The van der Waals surface area contributed by atoms with Gasteiger partial charge in [0.05, 0.1) is 4.90 Å². The van der Waals surface area contributed by atoms with Crippen LogP contribution in [0.2, 0.25) is 0 Å². The first kappa shape index (κ1) is 24.1. The normalized spacial score (nSPS) is 14.4. The number of anilines is 1. The van der Waals surface area contributed by atoms with Crippen LogP contribution in [0.1, 0.15) is 24.0 Å². The lowest BCUT2D eigenvalue weighted by Crippen LogP contribution is -2.36. The van der Waals surface area contributed by atoms with Gasteiger partial charge in [-0.1, -0.05) is 24.3 Å². The van der Waals surface area contributed by atoms with Crippen LogP contribution in [-0.2, 0) is 27.7 Å². The van der Waals surface area contributed by atoms with Crippen molar-refractivity contribution in [1.29, 1.82) is 0 Å². The smallest absolute Gasteiger partial charge is 0.227 e. The van der Waals surface area contributed by atoms with Gasteiger partial charge >= 0.3 is 0 Å². The molecule has 1 saturated heterocycles. The Morgan fingerprint density at radius 2 is 1.53 bits per heavy atom. The minimum absolute atomic E-state index is 0. The van der Waals surface area contributed by atoms with Gasteiger partial charge in [0.1, 0.15) is 0 Å². The number of rotatable bonds is 6. The molecule has 30 heavy (non-hydrogen) atoms. The van der Waals surface area contributed by atoms with Crippen LogP contribution in [0.15, 0.2) is 58.4 Å². The molecule has 2 aromatic carbocycles. The number of sulfone groups is 1. The van der Waals surface area contributed by atoms with E-state index in [2.05, 4.69) is 15.6 Å². The van der Waals surface area contributed by atoms with E-state index >= 15 is 0 Å². The average molecular weight is 542 g/mol. The predicted octanol–water partition coefficient (Wildman–Crippen LogP) is 2.70. The molecular weight excluding hydrogens is 515 g/mol. The van der Waals surface area contributed by atoms with E-state index in [-0.39, 0.29) is 29.9 Å². The average Bonchev–Trinajstić information content (AvgIpc) is 3.14. The molecule has 3 rings (SSSR count). The Kier molecular flexibility index (Phi) is 8.65. The van der Waals surface area contributed by atoms with Crippen LogP contribution in [0.4, 0.5) is 5.69 Å². The Labute approximate surface area is 194 Å². The van der Waals surface area contributed by atoms with Gasteiger partial charge < -0.3 is 15.5 Å². The van der Waals surface area contributed by atoms with Crippen molar-refractivity contribution in [2.24, 2.45) is 4.99 Å². The summed E-state index contributed by atoms with van der Waals surface area (Å²) in [7, 11) is -1.49. The van der Waals surface area contributed by atoms with Gasteiger partial charge in [0, 0.05) is 45.0 Å². The monoisotopic (exact) mass is 542 g/mol. The molecule has 9 heteroatoms. The molecule has 1 aliphatic rings. The SMILES string of the molecule is CN=C(NCc1ccc(N2CCCC2=O)cc1)NCc1ccc(S(C)(=O)=O)cc1.I. The number of nitrogens with one attached hydrogen (secondary N) is 2. The van der Waals surface area contributed by atoms with Crippen molar-refractivity contribution >= 4 is 51.4 Å². The Balaban J connectivity index is 0.00000320. The molecule has 0 aromatic heterocycles. The fourth-order valence-corrected chi connectivity index (χ4v) is 3.79. The molecule has 0 atom stereocenters. The Bertz CT molecular complexity index is 990. The maximum atomic E-state index is 11.8. The molecule has 2 aromatic rings. The van der Waals surface area contributed by atoms with Crippen molar-refractivity contribution in [2.45, 2.75) is 30.8 Å². The van der Waals surface area contributed by atoms with Gasteiger partial charge in [-0.05, 0) is 41.8 Å². The fraction of sp³-hybridized carbons (Fsp3) is 0.333. The number of guanidine groups is 1. The zero-order chi connectivity index (χ0) is 20.9. The molecule has 0 unspecified atom stereocenters. The van der Waals surface area contributed by atoms with E-state index in [1.165, 1.54) is 6.26 Å². The molecule has 0 aliphatic carbocycles. The van der Waals surface area contributed by atoms with Crippen LogP contribution in [0, 0.1) is 0 Å². The maximum absolute atomic E-state index is 11.8. The van der Waals surface area contributed by atoms with Gasteiger partial charge in [-0.2, -0.15) is 0 Å². The second kappa shape index (κ2) is 10.8. The van der Waals surface area contributed by atoms with Crippen molar-refractivity contribution < 1.29 is 13.2 Å². The number of hydrogen-bond acceptors (Lipinski definition) is 4. The van der Waals surface area contributed by atoms with Crippen LogP contribution in [-0.4, -0.2) is 40.1 Å². The van der Waals surface area contributed by atoms with Crippen molar-refractivity contribution in [2.75, 3.05) is 24.7 Å². The Morgan fingerprint density at radius 1 is 1.00 bits per heavy atom. The third-order valence-corrected chi connectivity index (χ3v) is 5.94. The second-order valence-electron chi connectivity index (χ2n) is 7.01. The molecule has 2 N–H and O–H groups in total. The highest BCUT2D eigenvalue weighted by molar-refractivity contribution is 14.0. The first-order valence-electron chi connectivity index (χ1n) is 9.49. The zero-order valence-electron chi connectivity index (χ0n) is 17.1. The molecule has 7 nitrogen and oxygen atoms in total. The van der Waals surface area contributed by atoms with E-state index in [1.807, 2.05) is 29.2 Å². The largest absolute Gasteiger partial charge is 0.352 e. The van der Waals surface area contributed by atoms with E-state index in [9.17, 15) is 13.2 Å². The summed E-state index contributed by atoms with van der Waals surface area (Å²) in [5, 5.41) is 6.46. The minimum Gasteiger partial charge on any atom is -0.352 e. The number of amides is 1. The number of aliphatic imine (C=N–C) groups is 1. The highest BCUT2D eigenvalue weighted by Gasteiger charge is 2.21. The van der Waals surface area contributed by atoms with E-state index in [0.29, 0.717) is 30.4 Å². The van der Waals surface area contributed by atoms with Gasteiger partial charge in [-0.15, -0.1) is 24.0 Å². The first-order valence-corrected chi connectivity index (χ1v) is 11.4. The molecule has 0 spiro atoms. The number of halogens is 1. The Hall–Kier alpha value is -2.14. The third kappa shape index (κ3) is 6.43. The van der Waals surface area contributed by atoms with Crippen LogP contribution in [0.25, 0.3) is 0 Å². The Morgan fingerprint density at radius 3 is 1.97 bits per heavy atom. The zero-order valence-corrected chi connectivity index (χ0v) is 20.2. The number of nitrogens with zero attached hydrogens (tertiary/aromatic N) is 2. The van der Waals surface area contributed by atoms with E-state index in [4.69, 9.17) is 0 Å². The summed E-state index contributed by atoms with van der Waals surface area (Å²) >= 11 is 0. The molecule has 0 saturated carbocycles. The number of hydrogen-bond donors (Lipinski definition) is 2. The van der Waals surface area contributed by atoms with E-state index < -0.39 is 9.84 Å². The fourth-order valence-electron chi connectivity index (χ4n) is 3.16.